The third kappa shape index (κ3) is 5.70. The van der Waals surface area contributed by atoms with Crippen molar-refractivity contribution in [2.24, 2.45) is 5.73 Å². The van der Waals surface area contributed by atoms with Gasteiger partial charge in [-0.15, -0.1) is 0 Å². The second kappa shape index (κ2) is 8.89. The van der Waals surface area contributed by atoms with Crippen LogP contribution in [-0.2, 0) is 11.2 Å². The Balaban J connectivity index is 1.72. The average Bonchev–Trinajstić information content (AvgIpc) is 2.50. The Bertz CT molecular complexity index is 402. The first-order chi connectivity index (χ1) is 10.2. The molecule has 21 heavy (non-hydrogen) atoms. The van der Waals surface area contributed by atoms with E-state index in [1.807, 2.05) is 0 Å². The van der Waals surface area contributed by atoms with Crippen LogP contribution in [0.1, 0.15) is 31.7 Å². The highest BCUT2D eigenvalue weighted by Crippen LogP contribution is 2.19. The lowest BCUT2D eigenvalue weighted by Crippen LogP contribution is -2.43. The number of benzene rings is 1. The highest BCUT2D eigenvalue weighted by Gasteiger charge is 2.23. The highest BCUT2D eigenvalue weighted by atomic mass is 79.9. The molecule has 1 fully saturated rings. The van der Waals surface area contributed by atoms with Crippen LogP contribution in [-0.4, -0.2) is 43.3 Å². The number of nitrogens with two attached hydrogens (primary N) is 1. The van der Waals surface area contributed by atoms with Gasteiger partial charge < -0.3 is 15.4 Å². The van der Waals surface area contributed by atoms with Crippen molar-refractivity contribution in [1.82, 2.24) is 4.90 Å². The van der Waals surface area contributed by atoms with E-state index in [2.05, 4.69) is 52.0 Å². The number of hydrogen-bond acceptors (Lipinski definition) is 3. The summed E-state index contributed by atoms with van der Waals surface area (Å²) in [5.74, 6) is 0. The molecular weight excluding hydrogens is 328 g/mol. The highest BCUT2D eigenvalue weighted by molar-refractivity contribution is 9.10. The fourth-order valence-electron chi connectivity index (χ4n) is 2.91. The fraction of sp³-hybridized carbons (Fsp3) is 0.647. The summed E-state index contributed by atoms with van der Waals surface area (Å²) in [5.41, 5.74) is 6.91. The van der Waals surface area contributed by atoms with E-state index in [-0.39, 0.29) is 0 Å². The number of hydrogen-bond donors (Lipinski definition) is 1. The normalized spacial score (nSPS) is 18.8. The Morgan fingerprint density at radius 1 is 1.29 bits per heavy atom. The van der Waals surface area contributed by atoms with E-state index in [1.54, 1.807) is 0 Å². The molecule has 2 N–H and O–H groups in total. The minimum atomic E-state index is 0.438. The smallest absolute Gasteiger partial charge is 0.0599 e. The third-order valence-electron chi connectivity index (χ3n) is 4.25. The Hall–Kier alpha value is -0.420. The predicted octanol–water partition coefficient (Wildman–Crippen LogP) is 3.21. The SMILES string of the molecule is CC(Cc1ccc(Br)cc1)N1CCC(OCCCN)CC1. The molecule has 0 aliphatic carbocycles. The molecule has 1 aliphatic rings. The lowest BCUT2D eigenvalue weighted by atomic mass is 10.0. The predicted molar refractivity (Wildman–Crippen MR) is 91.5 cm³/mol. The van der Waals surface area contributed by atoms with E-state index in [9.17, 15) is 0 Å². The van der Waals surface area contributed by atoms with Crippen LogP contribution in [0.25, 0.3) is 0 Å². The summed E-state index contributed by atoms with van der Waals surface area (Å²) in [7, 11) is 0. The summed E-state index contributed by atoms with van der Waals surface area (Å²) in [6.07, 6.45) is 4.82. The molecule has 1 heterocycles. The molecule has 0 bridgehead atoms. The van der Waals surface area contributed by atoms with Crippen molar-refractivity contribution in [3.8, 4) is 0 Å². The van der Waals surface area contributed by atoms with Gasteiger partial charge in [-0.25, -0.2) is 0 Å². The quantitative estimate of drug-likeness (QED) is 0.764. The molecule has 3 nitrogen and oxygen atoms in total. The molecule has 0 radical (unpaired) electrons. The van der Waals surface area contributed by atoms with Crippen LogP contribution in [0.5, 0.6) is 0 Å². The second-order valence-corrected chi connectivity index (χ2v) is 6.84. The monoisotopic (exact) mass is 354 g/mol. The lowest BCUT2D eigenvalue weighted by molar-refractivity contribution is -0.000416. The molecule has 0 aromatic heterocycles. The van der Waals surface area contributed by atoms with Crippen molar-refractivity contribution in [1.29, 1.82) is 0 Å². The molecule has 2 rings (SSSR count). The number of piperidine rings is 1. The first-order valence-electron chi connectivity index (χ1n) is 7.99. The topological polar surface area (TPSA) is 38.5 Å². The van der Waals surface area contributed by atoms with Crippen LogP contribution >= 0.6 is 15.9 Å². The Morgan fingerprint density at radius 2 is 1.95 bits per heavy atom. The number of rotatable bonds is 7. The van der Waals surface area contributed by atoms with E-state index in [1.165, 1.54) is 5.56 Å². The van der Waals surface area contributed by atoms with Crippen molar-refractivity contribution >= 4 is 15.9 Å². The Morgan fingerprint density at radius 3 is 2.57 bits per heavy atom. The molecule has 0 saturated carbocycles. The largest absolute Gasteiger partial charge is 0.378 e. The molecule has 0 spiro atoms. The van der Waals surface area contributed by atoms with Crippen LogP contribution in [0.15, 0.2) is 28.7 Å². The van der Waals surface area contributed by atoms with Gasteiger partial charge >= 0.3 is 0 Å². The van der Waals surface area contributed by atoms with E-state index >= 15 is 0 Å². The van der Waals surface area contributed by atoms with Gasteiger partial charge in [-0.3, -0.25) is 0 Å². The molecule has 1 aliphatic heterocycles. The average molecular weight is 355 g/mol. The molecule has 118 valence electrons. The van der Waals surface area contributed by atoms with Crippen molar-refractivity contribution < 1.29 is 4.74 Å². The van der Waals surface area contributed by atoms with Gasteiger partial charge in [-0.2, -0.15) is 0 Å². The zero-order valence-corrected chi connectivity index (χ0v) is 14.5. The van der Waals surface area contributed by atoms with Crippen LogP contribution < -0.4 is 5.73 Å². The maximum Gasteiger partial charge on any atom is 0.0599 e. The number of halogens is 1. The summed E-state index contributed by atoms with van der Waals surface area (Å²) in [4.78, 5) is 2.59. The summed E-state index contributed by atoms with van der Waals surface area (Å²) in [6.45, 7) is 6.16. The van der Waals surface area contributed by atoms with E-state index in [0.29, 0.717) is 12.1 Å². The molecule has 1 aromatic rings. The van der Waals surface area contributed by atoms with E-state index in [4.69, 9.17) is 10.5 Å². The molecule has 1 aromatic carbocycles. The van der Waals surface area contributed by atoms with Crippen molar-refractivity contribution in [2.45, 2.75) is 44.8 Å². The van der Waals surface area contributed by atoms with Gasteiger partial charge in [0.15, 0.2) is 0 Å². The summed E-state index contributed by atoms with van der Waals surface area (Å²) in [6, 6.07) is 9.27. The number of ether oxygens (including phenoxy) is 1. The summed E-state index contributed by atoms with van der Waals surface area (Å²) < 4.78 is 7.02. The molecule has 4 heteroatoms. The Labute approximate surface area is 137 Å². The lowest BCUT2D eigenvalue weighted by Gasteiger charge is -2.36. The zero-order valence-electron chi connectivity index (χ0n) is 12.9. The van der Waals surface area contributed by atoms with E-state index in [0.717, 1.165) is 56.4 Å². The van der Waals surface area contributed by atoms with Crippen LogP contribution in [0.2, 0.25) is 0 Å². The fourth-order valence-corrected chi connectivity index (χ4v) is 3.17. The standard InChI is InChI=1S/C17H27BrN2O/c1-14(13-15-3-5-16(18)6-4-15)20-10-7-17(8-11-20)21-12-2-9-19/h3-6,14,17H,2,7-13,19H2,1H3. The van der Waals surface area contributed by atoms with Gasteiger partial charge in [0.2, 0.25) is 0 Å². The van der Waals surface area contributed by atoms with Gasteiger partial charge in [-0.1, -0.05) is 28.1 Å². The first kappa shape index (κ1) is 16.9. The minimum absolute atomic E-state index is 0.438. The molecule has 0 amide bonds. The molecular formula is C17H27BrN2O. The van der Waals surface area contributed by atoms with Crippen LogP contribution in [0.4, 0.5) is 0 Å². The first-order valence-corrected chi connectivity index (χ1v) is 8.78. The van der Waals surface area contributed by atoms with Crippen molar-refractivity contribution in [3.63, 3.8) is 0 Å². The molecule has 1 saturated heterocycles. The summed E-state index contributed by atoms with van der Waals surface area (Å²) in [5, 5.41) is 0. The summed E-state index contributed by atoms with van der Waals surface area (Å²) >= 11 is 3.49. The maximum atomic E-state index is 5.87. The molecule has 1 unspecified atom stereocenters. The number of nitrogens with zero attached hydrogens (tertiary/aromatic N) is 1. The molecule has 1 atom stereocenters. The Kier molecular flexibility index (Phi) is 7.17. The van der Waals surface area contributed by atoms with Crippen LogP contribution in [0, 0.1) is 0 Å². The second-order valence-electron chi connectivity index (χ2n) is 5.93. The minimum Gasteiger partial charge on any atom is -0.378 e. The third-order valence-corrected chi connectivity index (χ3v) is 4.77. The van der Waals surface area contributed by atoms with Gasteiger partial charge in [0.05, 0.1) is 6.10 Å². The van der Waals surface area contributed by atoms with Gasteiger partial charge in [0.1, 0.15) is 0 Å². The van der Waals surface area contributed by atoms with Gasteiger partial charge in [0.25, 0.3) is 0 Å². The van der Waals surface area contributed by atoms with Crippen molar-refractivity contribution in [3.05, 3.63) is 34.3 Å². The van der Waals surface area contributed by atoms with Gasteiger partial charge in [0, 0.05) is 30.2 Å². The van der Waals surface area contributed by atoms with E-state index < -0.39 is 0 Å². The number of likely N-dealkylation sites (tertiary alicyclic amines) is 1. The zero-order chi connectivity index (χ0) is 15.1. The maximum absolute atomic E-state index is 5.87. The van der Waals surface area contributed by atoms with Crippen LogP contribution in [0.3, 0.4) is 0 Å². The van der Waals surface area contributed by atoms with Crippen molar-refractivity contribution in [2.75, 3.05) is 26.2 Å². The van der Waals surface area contributed by atoms with Gasteiger partial charge in [-0.05, 0) is 56.8 Å².